The summed E-state index contributed by atoms with van der Waals surface area (Å²) < 4.78 is 16.5. The van der Waals surface area contributed by atoms with E-state index in [-0.39, 0.29) is 18.5 Å². The highest BCUT2D eigenvalue weighted by Crippen LogP contribution is 2.39. The van der Waals surface area contributed by atoms with Crippen LogP contribution in [-0.4, -0.2) is 16.2 Å². The zero-order valence-electron chi connectivity index (χ0n) is 16.0. The smallest absolute Gasteiger partial charge is 0.348 e. The molecule has 0 spiro atoms. The van der Waals surface area contributed by atoms with E-state index in [0.717, 1.165) is 29.0 Å². The van der Waals surface area contributed by atoms with Crippen LogP contribution >= 0.6 is 11.3 Å². The Morgan fingerprint density at radius 3 is 2.72 bits per heavy atom. The predicted molar refractivity (Wildman–Crippen MR) is 108 cm³/mol. The van der Waals surface area contributed by atoms with Gasteiger partial charge in [0.15, 0.2) is 6.61 Å². The second-order valence-electron chi connectivity index (χ2n) is 7.03. The lowest BCUT2D eigenvalue weighted by Gasteiger charge is -2.15. The van der Waals surface area contributed by atoms with Crippen molar-refractivity contribution in [2.45, 2.75) is 33.3 Å². The van der Waals surface area contributed by atoms with Crippen LogP contribution < -0.4 is 0 Å². The van der Waals surface area contributed by atoms with Gasteiger partial charge in [0.25, 0.3) is 11.8 Å². The second kappa shape index (κ2) is 7.00. The van der Waals surface area contributed by atoms with E-state index in [1.54, 1.807) is 0 Å². The van der Waals surface area contributed by atoms with Crippen molar-refractivity contribution in [1.29, 1.82) is 0 Å². The lowest BCUT2D eigenvalue weighted by molar-refractivity contribution is 0.0444. The molecule has 5 rings (SSSR count). The first-order valence-electron chi connectivity index (χ1n) is 9.36. The minimum atomic E-state index is -0.378. The number of fused-ring (bicyclic) bond motifs is 3. The first-order chi connectivity index (χ1) is 14.1. The molecule has 0 bridgehead atoms. The van der Waals surface area contributed by atoms with Crippen molar-refractivity contribution in [2.75, 3.05) is 0 Å². The number of carbonyl (C=O) groups excluding carboxylic acids is 1. The third kappa shape index (κ3) is 3.27. The van der Waals surface area contributed by atoms with Crippen LogP contribution in [0.3, 0.4) is 0 Å². The van der Waals surface area contributed by atoms with E-state index in [1.807, 2.05) is 32.0 Å². The van der Waals surface area contributed by atoms with E-state index < -0.39 is 0 Å². The number of rotatable bonds is 4. The van der Waals surface area contributed by atoms with E-state index >= 15 is 0 Å². The van der Waals surface area contributed by atoms with E-state index in [9.17, 15) is 4.79 Å². The molecule has 1 aliphatic carbocycles. The highest BCUT2D eigenvalue weighted by Gasteiger charge is 2.22. The Hall–Kier alpha value is -3.19. The molecule has 3 aromatic heterocycles. The molecular weight excluding hydrogens is 388 g/mol. The largest absolute Gasteiger partial charge is 0.466 e. The molecule has 3 heterocycles. The average Bonchev–Trinajstić information content (AvgIpc) is 3.44. The third-order valence-corrected chi connectivity index (χ3v) is 6.19. The van der Waals surface area contributed by atoms with Crippen LogP contribution in [0.15, 0.2) is 45.2 Å². The number of aromatic nitrogens is 2. The fraction of sp³-hybridized carbons (Fsp3) is 0.227. The lowest BCUT2D eigenvalue weighted by atomic mass is 9.91. The fourth-order valence-corrected chi connectivity index (χ4v) is 4.80. The summed E-state index contributed by atoms with van der Waals surface area (Å²) in [4.78, 5) is 14.3. The third-order valence-electron chi connectivity index (χ3n) is 5.00. The first kappa shape index (κ1) is 17.9. The topological polar surface area (TPSA) is 78.4 Å². The number of aryl methyl sites for hydroxylation is 4. The second-order valence-corrected chi connectivity index (χ2v) is 8.08. The molecule has 4 aromatic rings. The van der Waals surface area contributed by atoms with Crippen molar-refractivity contribution >= 4 is 17.3 Å². The maximum absolute atomic E-state index is 12.6. The van der Waals surface area contributed by atoms with Crippen molar-refractivity contribution in [3.63, 3.8) is 0 Å². The molecule has 0 amide bonds. The Balaban J connectivity index is 1.30. The van der Waals surface area contributed by atoms with Gasteiger partial charge in [-0.1, -0.05) is 24.3 Å². The average molecular weight is 406 g/mol. The Morgan fingerprint density at radius 1 is 1.07 bits per heavy atom. The summed E-state index contributed by atoms with van der Waals surface area (Å²) in [5.41, 5.74) is 4.48. The van der Waals surface area contributed by atoms with E-state index in [0.29, 0.717) is 16.5 Å². The molecular formula is C22H18N2O4S. The van der Waals surface area contributed by atoms with Crippen molar-refractivity contribution in [1.82, 2.24) is 10.2 Å². The van der Waals surface area contributed by atoms with Gasteiger partial charge < -0.3 is 13.6 Å². The summed E-state index contributed by atoms with van der Waals surface area (Å²) in [7, 11) is 0. The molecule has 0 fully saturated rings. The van der Waals surface area contributed by atoms with Crippen LogP contribution in [0.25, 0.3) is 21.9 Å². The Labute approximate surface area is 171 Å². The Bertz CT molecular complexity index is 1220. The number of benzene rings is 1. The van der Waals surface area contributed by atoms with Crippen molar-refractivity contribution in [3.05, 3.63) is 69.8 Å². The summed E-state index contributed by atoms with van der Waals surface area (Å²) in [6.07, 6.45) is 1.93. The summed E-state index contributed by atoms with van der Waals surface area (Å²) in [5, 5.41) is 8.00. The van der Waals surface area contributed by atoms with Crippen LogP contribution in [0.4, 0.5) is 0 Å². The van der Waals surface area contributed by atoms with Crippen molar-refractivity contribution in [2.24, 2.45) is 0 Å². The monoisotopic (exact) mass is 406 g/mol. The summed E-state index contributed by atoms with van der Waals surface area (Å²) in [5.74, 6) is 1.70. The summed E-state index contributed by atoms with van der Waals surface area (Å²) in [6.45, 7) is 3.62. The van der Waals surface area contributed by atoms with Crippen LogP contribution in [0.2, 0.25) is 0 Å². The van der Waals surface area contributed by atoms with Gasteiger partial charge in [-0.05, 0) is 55.5 Å². The Morgan fingerprint density at radius 2 is 1.90 bits per heavy atom. The minimum Gasteiger partial charge on any atom is -0.466 e. The van der Waals surface area contributed by atoms with Crippen LogP contribution in [0.1, 0.15) is 38.2 Å². The quantitative estimate of drug-likeness (QED) is 0.437. The molecule has 146 valence electrons. The molecule has 0 saturated heterocycles. The number of hydrogen-bond donors (Lipinski definition) is 0. The molecule has 7 heteroatoms. The fourth-order valence-electron chi connectivity index (χ4n) is 3.63. The SMILES string of the molecule is Cc1cc(-c2nnc(COC(=O)c3cc4c(s3)-c3ccccc3CC4)o2)c(C)o1. The number of esters is 1. The molecule has 1 aromatic carbocycles. The van der Waals surface area contributed by atoms with Crippen LogP contribution in [0.5, 0.6) is 0 Å². The zero-order valence-corrected chi connectivity index (χ0v) is 16.8. The zero-order chi connectivity index (χ0) is 20.0. The standard InChI is InChI=1S/C22H18N2O4S/c1-12-9-17(13(2)27-12)21-24-23-19(28-21)11-26-22(25)18-10-15-8-7-14-5-3-4-6-16(14)20(15)29-18/h3-6,9-10H,7-8,11H2,1-2H3. The van der Waals surface area contributed by atoms with Gasteiger partial charge in [0, 0.05) is 4.88 Å². The van der Waals surface area contributed by atoms with Gasteiger partial charge in [-0.25, -0.2) is 4.79 Å². The maximum Gasteiger partial charge on any atom is 0.348 e. The number of thiophene rings is 1. The van der Waals surface area contributed by atoms with E-state index in [2.05, 4.69) is 28.4 Å². The van der Waals surface area contributed by atoms with E-state index in [1.165, 1.54) is 28.0 Å². The van der Waals surface area contributed by atoms with Gasteiger partial charge in [-0.15, -0.1) is 21.5 Å². The molecule has 0 saturated carbocycles. The van der Waals surface area contributed by atoms with E-state index in [4.69, 9.17) is 13.6 Å². The lowest BCUT2D eigenvalue weighted by Crippen LogP contribution is -2.03. The van der Waals surface area contributed by atoms with Gasteiger partial charge in [0.05, 0.1) is 5.56 Å². The van der Waals surface area contributed by atoms with Crippen molar-refractivity contribution < 1.29 is 18.4 Å². The number of hydrogen-bond acceptors (Lipinski definition) is 7. The minimum absolute atomic E-state index is 0.0686. The highest BCUT2D eigenvalue weighted by molar-refractivity contribution is 7.17. The normalized spacial score (nSPS) is 12.5. The van der Waals surface area contributed by atoms with Gasteiger partial charge in [-0.2, -0.15) is 0 Å². The number of nitrogens with zero attached hydrogens (tertiary/aromatic N) is 2. The Kier molecular flexibility index (Phi) is 4.32. The van der Waals surface area contributed by atoms with Gasteiger partial charge in [0.1, 0.15) is 16.4 Å². The van der Waals surface area contributed by atoms with Gasteiger partial charge in [-0.3, -0.25) is 0 Å². The molecule has 0 atom stereocenters. The summed E-state index contributed by atoms with van der Waals surface area (Å²) in [6, 6.07) is 12.1. The first-order valence-corrected chi connectivity index (χ1v) is 10.2. The number of furan rings is 1. The molecule has 0 aliphatic heterocycles. The molecule has 0 N–H and O–H groups in total. The molecule has 1 aliphatic rings. The number of ether oxygens (including phenoxy) is 1. The van der Waals surface area contributed by atoms with Gasteiger partial charge in [0.2, 0.25) is 0 Å². The molecule has 29 heavy (non-hydrogen) atoms. The highest BCUT2D eigenvalue weighted by atomic mass is 32.1. The predicted octanol–water partition coefficient (Wildman–Crippen LogP) is 5.13. The van der Waals surface area contributed by atoms with Crippen molar-refractivity contribution in [3.8, 4) is 21.9 Å². The number of carbonyl (C=O) groups is 1. The maximum atomic E-state index is 12.6. The summed E-state index contributed by atoms with van der Waals surface area (Å²) >= 11 is 1.47. The molecule has 0 radical (unpaired) electrons. The van der Waals surface area contributed by atoms with Crippen LogP contribution in [-0.2, 0) is 24.2 Å². The molecule has 6 nitrogen and oxygen atoms in total. The van der Waals surface area contributed by atoms with Crippen LogP contribution in [0, 0.1) is 13.8 Å². The van der Waals surface area contributed by atoms with Gasteiger partial charge >= 0.3 is 5.97 Å². The molecule has 0 unspecified atom stereocenters.